The maximum Gasteiger partial charge on any atom is 0.318 e. The average molecular weight is 339 g/mol. The largest absolute Gasteiger partial charge is 0.393 e. The van der Waals surface area contributed by atoms with Crippen LogP contribution in [0.5, 0.6) is 0 Å². The SMILES string of the molecule is CC1=C2C(CCC(=O)N2[C@@H](C)c2ccccc2)C2C(=O)OC(=O)C2C1. The lowest BCUT2D eigenvalue weighted by Crippen LogP contribution is -2.46. The zero-order chi connectivity index (χ0) is 17.7. The first-order valence-corrected chi connectivity index (χ1v) is 8.81. The molecule has 0 aromatic heterocycles. The van der Waals surface area contributed by atoms with Gasteiger partial charge in [-0.05, 0) is 32.3 Å². The van der Waals surface area contributed by atoms with Crippen molar-refractivity contribution in [1.29, 1.82) is 0 Å². The fraction of sp³-hybridized carbons (Fsp3) is 0.450. The number of cyclic esters (lactones) is 2. The number of rotatable bonds is 2. The van der Waals surface area contributed by atoms with Crippen molar-refractivity contribution in [3.05, 3.63) is 47.2 Å². The molecule has 1 amide bonds. The first-order chi connectivity index (χ1) is 12.0. The monoisotopic (exact) mass is 339 g/mol. The number of carbonyl (C=O) groups is 3. The van der Waals surface area contributed by atoms with Crippen molar-refractivity contribution in [3.63, 3.8) is 0 Å². The topological polar surface area (TPSA) is 63.7 Å². The molecular formula is C20H21NO4. The van der Waals surface area contributed by atoms with Crippen LogP contribution in [0.2, 0.25) is 0 Å². The molecule has 5 heteroatoms. The Hall–Kier alpha value is -2.43. The van der Waals surface area contributed by atoms with Gasteiger partial charge >= 0.3 is 11.9 Å². The van der Waals surface area contributed by atoms with Gasteiger partial charge in [-0.15, -0.1) is 0 Å². The summed E-state index contributed by atoms with van der Waals surface area (Å²) < 4.78 is 4.90. The molecule has 25 heavy (non-hydrogen) atoms. The van der Waals surface area contributed by atoms with E-state index in [2.05, 4.69) is 0 Å². The fourth-order valence-corrected chi connectivity index (χ4v) is 4.67. The summed E-state index contributed by atoms with van der Waals surface area (Å²) in [7, 11) is 0. The first kappa shape index (κ1) is 16.1. The Balaban J connectivity index is 1.77. The van der Waals surface area contributed by atoms with Crippen molar-refractivity contribution in [2.75, 3.05) is 0 Å². The second-order valence-electron chi connectivity index (χ2n) is 7.24. The molecule has 2 heterocycles. The average Bonchev–Trinajstić information content (AvgIpc) is 2.89. The zero-order valence-corrected chi connectivity index (χ0v) is 14.4. The van der Waals surface area contributed by atoms with E-state index in [0.29, 0.717) is 19.3 Å². The van der Waals surface area contributed by atoms with E-state index in [0.717, 1.165) is 16.8 Å². The van der Waals surface area contributed by atoms with E-state index in [1.807, 2.05) is 49.1 Å². The van der Waals surface area contributed by atoms with Crippen LogP contribution in [0.4, 0.5) is 0 Å². The van der Waals surface area contributed by atoms with Crippen molar-refractivity contribution in [1.82, 2.24) is 4.90 Å². The van der Waals surface area contributed by atoms with Gasteiger partial charge in [0.05, 0.1) is 17.9 Å². The number of likely N-dealkylation sites (tertiary alicyclic amines) is 1. The van der Waals surface area contributed by atoms with Crippen molar-refractivity contribution >= 4 is 17.8 Å². The highest BCUT2D eigenvalue weighted by Crippen LogP contribution is 2.50. The van der Waals surface area contributed by atoms with E-state index >= 15 is 0 Å². The zero-order valence-electron chi connectivity index (χ0n) is 14.4. The molecule has 0 N–H and O–H groups in total. The van der Waals surface area contributed by atoms with Gasteiger partial charge in [0.1, 0.15) is 0 Å². The number of amides is 1. The standard InChI is InChI=1S/C20H21NO4/c1-11-10-15-17(20(24)25-19(15)23)14-8-9-16(22)21(18(11)14)12(2)13-6-4-3-5-7-13/h3-7,12,14-15,17H,8-10H2,1-2H3/t12-,14?,15?,17?/m0/s1. The first-order valence-electron chi connectivity index (χ1n) is 8.81. The third-order valence-electron chi connectivity index (χ3n) is 5.82. The summed E-state index contributed by atoms with van der Waals surface area (Å²) in [6.07, 6.45) is 1.49. The minimum absolute atomic E-state index is 0.0816. The van der Waals surface area contributed by atoms with Crippen LogP contribution in [0.1, 0.15) is 44.7 Å². The van der Waals surface area contributed by atoms with Gasteiger partial charge in [0.2, 0.25) is 5.91 Å². The predicted molar refractivity (Wildman–Crippen MR) is 89.8 cm³/mol. The number of hydrogen-bond donors (Lipinski definition) is 0. The summed E-state index contributed by atoms with van der Waals surface area (Å²) in [4.78, 5) is 38.8. The lowest BCUT2D eigenvalue weighted by Gasteiger charge is -2.45. The molecule has 2 aliphatic heterocycles. The molecule has 2 saturated heterocycles. The van der Waals surface area contributed by atoms with Gasteiger partial charge in [-0.2, -0.15) is 0 Å². The van der Waals surface area contributed by atoms with Crippen LogP contribution in [0.15, 0.2) is 41.6 Å². The molecule has 2 fully saturated rings. The van der Waals surface area contributed by atoms with Gasteiger partial charge in [0, 0.05) is 18.0 Å². The smallest absolute Gasteiger partial charge is 0.318 e. The Morgan fingerprint density at radius 1 is 1.08 bits per heavy atom. The van der Waals surface area contributed by atoms with Crippen LogP contribution in [0, 0.1) is 17.8 Å². The molecule has 4 atom stereocenters. The molecular weight excluding hydrogens is 318 g/mol. The lowest BCUT2D eigenvalue weighted by molar-refractivity contribution is -0.154. The van der Waals surface area contributed by atoms with Crippen molar-refractivity contribution in [3.8, 4) is 0 Å². The van der Waals surface area contributed by atoms with Crippen molar-refractivity contribution < 1.29 is 19.1 Å². The van der Waals surface area contributed by atoms with E-state index < -0.39 is 17.9 Å². The molecule has 3 unspecified atom stereocenters. The Kier molecular flexibility index (Phi) is 3.74. The molecule has 3 aliphatic rings. The highest BCUT2D eigenvalue weighted by Gasteiger charge is 2.54. The van der Waals surface area contributed by atoms with Crippen molar-refractivity contribution in [2.24, 2.45) is 17.8 Å². The number of hydrogen-bond acceptors (Lipinski definition) is 4. The number of carbonyl (C=O) groups excluding carboxylic acids is 3. The normalized spacial score (nSPS) is 30.1. The fourth-order valence-electron chi connectivity index (χ4n) is 4.67. The van der Waals surface area contributed by atoms with E-state index in [-0.39, 0.29) is 23.8 Å². The number of fused-ring (bicyclic) bond motifs is 3. The van der Waals surface area contributed by atoms with Crippen LogP contribution in [0.3, 0.4) is 0 Å². The van der Waals surface area contributed by atoms with Gasteiger partial charge < -0.3 is 9.64 Å². The molecule has 0 spiro atoms. The van der Waals surface area contributed by atoms with Gasteiger partial charge in [0.25, 0.3) is 0 Å². The van der Waals surface area contributed by atoms with Crippen LogP contribution in [0.25, 0.3) is 0 Å². The Morgan fingerprint density at radius 3 is 2.52 bits per heavy atom. The second kappa shape index (κ2) is 5.83. The van der Waals surface area contributed by atoms with Crippen LogP contribution in [-0.2, 0) is 19.1 Å². The number of allylic oxidation sites excluding steroid dienone is 2. The molecule has 4 rings (SSSR count). The molecule has 5 nitrogen and oxygen atoms in total. The van der Waals surface area contributed by atoms with E-state index in [1.165, 1.54) is 0 Å². The second-order valence-corrected chi connectivity index (χ2v) is 7.24. The van der Waals surface area contributed by atoms with E-state index in [1.54, 1.807) is 0 Å². The molecule has 1 aliphatic carbocycles. The van der Waals surface area contributed by atoms with E-state index in [9.17, 15) is 14.4 Å². The van der Waals surface area contributed by atoms with Gasteiger partial charge in [0.15, 0.2) is 0 Å². The van der Waals surface area contributed by atoms with Gasteiger partial charge in [-0.1, -0.05) is 35.9 Å². The molecule has 0 saturated carbocycles. The van der Waals surface area contributed by atoms with Gasteiger partial charge in [-0.3, -0.25) is 14.4 Å². The maximum absolute atomic E-state index is 12.8. The van der Waals surface area contributed by atoms with Gasteiger partial charge in [-0.25, -0.2) is 0 Å². The highest BCUT2D eigenvalue weighted by molar-refractivity contribution is 5.97. The molecule has 0 bridgehead atoms. The summed E-state index contributed by atoms with van der Waals surface area (Å²) in [5, 5.41) is 0. The third kappa shape index (κ3) is 2.41. The Bertz CT molecular complexity index is 782. The van der Waals surface area contributed by atoms with Crippen LogP contribution < -0.4 is 0 Å². The molecule has 1 aromatic carbocycles. The third-order valence-corrected chi connectivity index (χ3v) is 5.82. The minimum Gasteiger partial charge on any atom is -0.393 e. The highest BCUT2D eigenvalue weighted by atomic mass is 16.6. The summed E-state index contributed by atoms with van der Waals surface area (Å²) in [6, 6.07) is 9.79. The minimum atomic E-state index is -0.440. The Labute approximate surface area is 146 Å². The quantitative estimate of drug-likeness (QED) is 0.614. The number of esters is 2. The summed E-state index contributed by atoms with van der Waals surface area (Å²) in [5.41, 5.74) is 3.01. The molecule has 130 valence electrons. The number of nitrogens with zero attached hydrogens (tertiary/aromatic N) is 1. The summed E-state index contributed by atoms with van der Waals surface area (Å²) >= 11 is 0. The molecule has 0 radical (unpaired) electrons. The number of ether oxygens (including phenoxy) is 1. The summed E-state index contributed by atoms with van der Waals surface area (Å²) in [5.74, 6) is -1.69. The summed E-state index contributed by atoms with van der Waals surface area (Å²) in [6.45, 7) is 3.98. The molecule has 1 aromatic rings. The maximum atomic E-state index is 12.8. The van der Waals surface area contributed by atoms with Crippen LogP contribution >= 0.6 is 0 Å². The number of benzene rings is 1. The Morgan fingerprint density at radius 2 is 1.80 bits per heavy atom. The predicted octanol–water partition coefficient (Wildman–Crippen LogP) is 2.98. The number of piperidine rings is 1. The van der Waals surface area contributed by atoms with Crippen LogP contribution in [-0.4, -0.2) is 22.7 Å². The van der Waals surface area contributed by atoms with Crippen molar-refractivity contribution in [2.45, 2.75) is 39.2 Å². The lowest BCUT2D eigenvalue weighted by atomic mass is 9.69. The van der Waals surface area contributed by atoms with E-state index in [4.69, 9.17) is 4.74 Å².